The lowest BCUT2D eigenvalue weighted by Crippen LogP contribution is -2.52. The molecule has 0 unspecified atom stereocenters. The number of carboxylic acid groups (broad SMARTS) is 1. The van der Waals surface area contributed by atoms with Crippen molar-refractivity contribution in [1.82, 2.24) is 10.3 Å². The van der Waals surface area contributed by atoms with Crippen LogP contribution in [0, 0.1) is 6.92 Å². The highest BCUT2D eigenvalue weighted by Crippen LogP contribution is 2.30. The smallest absolute Gasteiger partial charge is 0.329 e. The Kier molecular flexibility index (Phi) is 3.32. The molecule has 2 N–H and O–H groups in total. The second-order valence-electron chi connectivity index (χ2n) is 4.68. The Hall–Kier alpha value is -1.91. The first-order chi connectivity index (χ1) is 8.55. The van der Waals surface area contributed by atoms with Crippen LogP contribution in [0.2, 0.25) is 0 Å². The summed E-state index contributed by atoms with van der Waals surface area (Å²) in [5.74, 6) is -1.31. The van der Waals surface area contributed by atoms with Crippen molar-refractivity contribution in [2.45, 2.75) is 38.1 Å². The van der Waals surface area contributed by atoms with Gasteiger partial charge >= 0.3 is 5.97 Å². The number of nitrogens with zero attached hydrogens (tertiary/aromatic N) is 1. The molecule has 2 rings (SSSR count). The van der Waals surface area contributed by atoms with E-state index in [-0.39, 0.29) is 5.91 Å². The summed E-state index contributed by atoms with van der Waals surface area (Å²) >= 11 is 0. The lowest BCUT2D eigenvalue weighted by Gasteiger charge is -2.25. The largest absolute Gasteiger partial charge is 0.480 e. The Balaban J connectivity index is 2.21. The molecular weight excluding hydrogens is 232 g/mol. The zero-order valence-corrected chi connectivity index (χ0v) is 10.3. The maximum Gasteiger partial charge on any atom is 0.329 e. The van der Waals surface area contributed by atoms with E-state index in [0.717, 1.165) is 12.8 Å². The number of hydrogen-bond acceptors (Lipinski definition) is 3. The average molecular weight is 248 g/mol. The van der Waals surface area contributed by atoms with E-state index in [4.69, 9.17) is 0 Å². The van der Waals surface area contributed by atoms with Gasteiger partial charge in [-0.3, -0.25) is 9.78 Å². The molecule has 0 spiro atoms. The number of carbonyl (C=O) groups is 2. The van der Waals surface area contributed by atoms with Crippen LogP contribution >= 0.6 is 0 Å². The third-order valence-corrected chi connectivity index (χ3v) is 3.47. The second kappa shape index (κ2) is 4.76. The van der Waals surface area contributed by atoms with Crippen LogP contribution in [-0.4, -0.2) is 27.5 Å². The molecule has 0 radical (unpaired) electrons. The van der Waals surface area contributed by atoms with Crippen LogP contribution in [0.15, 0.2) is 18.3 Å². The van der Waals surface area contributed by atoms with Gasteiger partial charge in [0.2, 0.25) is 0 Å². The summed E-state index contributed by atoms with van der Waals surface area (Å²) in [4.78, 5) is 27.5. The average Bonchev–Trinajstić information content (AvgIpc) is 2.79. The minimum Gasteiger partial charge on any atom is -0.480 e. The minimum absolute atomic E-state index is 0.357. The van der Waals surface area contributed by atoms with E-state index >= 15 is 0 Å². The normalized spacial score (nSPS) is 17.4. The fourth-order valence-electron chi connectivity index (χ4n) is 2.38. The van der Waals surface area contributed by atoms with Gasteiger partial charge in [0, 0.05) is 11.9 Å². The number of rotatable bonds is 3. The van der Waals surface area contributed by atoms with Crippen molar-refractivity contribution in [3.8, 4) is 0 Å². The van der Waals surface area contributed by atoms with Crippen molar-refractivity contribution in [2.75, 3.05) is 0 Å². The first kappa shape index (κ1) is 12.5. The van der Waals surface area contributed by atoms with Crippen molar-refractivity contribution in [2.24, 2.45) is 0 Å². The quantitative estimate of drug-likeness (QED) is 0.850. The first-order valence-corrected chi connectivity index (χ1v) is 6.03. The molecular formula is C13H16N2O3. The van der Waals surface area contributed by atoms with Crippen molar-refractivity contribution in [3.63, 3.8) is 0 Å². The highest BCUT2D eigenvalue weighted by atomic mass is 16.4. The van der Waals surface area contributed by atoms with E-state index in [9.17, 15) is 14.7 Å². The van der Waals surface area contributed by atoms with E-state index in [1.807, 2.05) is 0 Å². The number of aliphatic carboxylic acids is 1. The van der Waals surface area contributed by atoms with Crippen LogP contribution in [0.4, 0.5) is 0 Å². The molecule has 0 aliphatic heterocycles. The first-order valence-electron chi connectivity index (χ1n) is 6.03. The lowest BCUT2D eigenvalue weighted by molar-refractivity contribution is -0.144. The van der Waals surface area contributed by atoms with E-state index in [2.05, 4.69) is 10.3 Å². The summed E-state index contributed by atoms with van der Waals surface area (Å²) in [7, 11) is 0. The lowest BCUT2D eigenvalue weighted by atomic mass is 9.97. The third kappa shape index (κ3) is 2.20. The standard InChI is InChI=1S/C13H16N2O3/c1-9-10(5-4-8-14-9)11(16)15-13(12(17)18)6-2-3-7-13/h4-5,8H,2-3,6-7H2,1H3,(H,15,16)(H,17,18). The van der Waals surface area contributed by atoms with Gasteiger partial charge in [-0.25, -0.2) is 4.79 Å². The molecule has 1 amide bonds. The van der Waals surface area contributed by atoms with E-state index in [1.54, 1.807) is 25.3 Å². The molecule has 5 nitrogen and oxygen atoms in total. The van der Waals surface area contributed by atoms with Crippen molar-refractivity contribution in [1.29, 1.82) is 0 Å². The van der Waals surface area contributed by atoms with E-state index in [0.29, 0.717) is 24.1 Å². The molecule has 1 saturated carbocycles. The maximum atomic E-state index is 12.1. The highest BCUT2D eigenvalue weighted by Gasteiger charge is 2.42. The minimum atomic E-state index is -1.10. The zero-order chi connectivity index (χ0) is 13.2. The molecule has 1 aromatic rings. The zero-order valence-electron chi connectivity index (χ0n) is 10.3. The fraction of sp³-hybridized carbons (Fsp3) is 0.462. The number of aryl methyl sites for hydroxylation is 1. The topological polar surface area (TPSA) is 79.3 Å². The molecule has 18 heavy (non-hydrogen) atoms. The van der Waals surface area contributed by atoms with Gasteiger partial charge in [-0.1, -0.05) is 12.8 Å². The molecule has 1 aliphatic carbocycles. The number of amides is 1. The van der Waals surface area contributed by atoms with Crippen molar-refractivity contribution < 1.29 is 14.7 Å². The Morgan fingerprint density at radius 2 is 2.06 bits per heavy atom. The van der Waals surface area contributed by atoms with E-state index in [1.165, 1.54) is 0 Å². The van der Waals surface area contributed by atoms with Gasteiger partial charge in [-0.2, -0.15) is 0 Å². The van der Waals surface area contributed by atoms with Gasteiger partial charge in [0.1, 0.15) is 5.54 Å². The van der Waals surface area contributed by atoms with Crippen LogP contribution in [0.3, 0.4) is 0 Å². The summed E-state index contributed by atoms with van der Waals surface area (Å²) in [6.45, 7) is 1.73. The molecule has 1 aliphatic rings. The van der Waals surface area contributed by atoms with Crippen LogP contribution in [-0.2, 0) is 4.79 Å². The summed E-state index contributed by atoms with van der Waals surface area (Å²) in [5, 5.41) is 12.0. The van der Waals surface area contributed by atoms with Crippen molar-refractivity contribution >= 4 is 11.9 Å². The number of aromatic nitrogens is 1. The van der Waals surface area contributed by atoms with Gasteiger partial charge in [-0.05, 0) is 31.9 Å². The molecule has 1 aromatic heterocycles. The van der Waals surface area contributed by atoms with Gasteiger partial charge in [0.25, 0.3) is 5.91 Å². The molecule has 1 fully saturated rings. The fourth-order valence-corrected chi connectivity index (χ4v) is 2.38. The molecule has 0 bridgehead atoms. The predicted octanol–water partition coefficient (Wildman–Crippen LogP) is 1.52. The Bertz CT molecular complexity index is 479. The molecule has 0 saturated heterocycles. The van der Waals surface area contributed by atoms with Gasteiger partial charge in [-0.15, -0.1) is 0 Å². The van der Waals surface area contributed by atoms with Crippen LogP contribution in [0.1, 0.15) is 41.7 Å². The SMILES string of the molecule is Cc1ncccc1C(=O)NC1(C(=O)O)CCCC1. The molecule has 5 heteroatoms. The molecule has 1 heterocycles. The number of hydrogen-bond donors (Lipinski definition) is 2. The summed E-state index contributed by atoms with van der Waals surface area (Å²) in [5.41, 5.74) is -0.0575. The predicted molar refractivity (Wildman–Crippen MR) is 65.3 cm³/mol. The van der Waals surface area contributed by atoms with Crippen LogP contribution < -0.4 is 5.32 Å². The number of carboxylic acids is 1. The summed E-state index contributed by atoms with van der Waals surface area (Å²) in [6, 6.07) is 3.33. The van der Waals surface area contributed by atoms with Crippen LogP contribution in [0.5, 0.6) is 0 Å². The van der Waals surface area contributed by atoms with Gasteiger partial charge in [0.15, 0.2) is 0 Å². The van der Waals surface area contributed by atoms with E-state index < -0.39 is 11.5 Å². The van der Waals surface area contributed by atoms with Gasteiger partial charge < -0.3 is 10.4 Å². The molecule has 0 atom stereocenters. The molecule has 0 aromatic carbocycles. The second-order valence-corrected chi connectivity index (χ2v) is 4.68. The Morgan fingerprint density at radius 1 is 1.39 bits per heavy atom. The maximum absolute atomic E-state index is 12.1. The summed E-state index contributed by atoms with van der Waals surface area (Å²) in [6.07, 6.45) is 4.26. The van der Waals surface area contributed by atoms with Crippen LogP contribution in [0.25, 0.3) is 0 Å². The monoisotopic (exact) mass is 248 g/mol. The summed E-state index contributed by atoms with van der Waals surface area (Å²) < 4.78 is 0. The number of carbonyl (C=O) groups excluding carboxylic acids is 1. The number of nitrogens with one attached hydrogen (secondary N) is 1. The van der Waals surface area contributed by atoms with Gasteiger partial charge in [0.05, 0.1) is 5.56 Å². The van der Waals surface area contributed by atoms with Crippen molar-refractivity contribution in [3.05, 3.63) is 29.6 Å². The Labute approximate surface area is 105 Å². The molecule has 96 valence electrons. The Morgan fingerprint density at radius 3 is 2.61 bits per heavy atom. The number of pyridine rings is 1. The highest BCUT2D eigenvalue weighted by molar-refractivity contribution is 5.98. The third-order valence-electron chi connectivity index (χ3n) is 3.47.